The summed E-state index contributed by atoms with van der Waals surface area (Å²) in [6.45, 7) is 11.6. The van der Waals surface area contributed by atoms with Crippen LogP contribution in [0.3, 0.4) is 0 Å². The minimum absolute atomic E-state index is 0.0463. The number of likely N-dealkylation sites (N-methyl/N-ethyl adjacent to an activating group) is 1. The lowest BCUT2D eigenvalue weighted by molar-refractivity contribution is -0.137. The van der Waals surface area contributed by atoms with Crippen molar-refractivity contribution in [3.8, 4) is 0 Å². The summed E-state index contributed by atoms with van der Waals surface area (Å²) in [6, 6.07) is -3.42. The van der Waals surface area contributed by atoms with Crippen LogP contribution in [0, 0.1) is 11.8 Å². The van der Waals surface area contributed by atoms with Gasteiger partial charge in [-0.05, 0) is 56.5 Å². The molecule has 0 saturated carbocycles. The van der Waals surface area contributed by atoms with Crippen molar-refractivity contribution in [3.63, 3.8) is 0 Å². The molecule has 45 heavy (non-hydrogen) atoms. The first kappa shape index (κ1) is 42.1. The van der Waals surface area contributed by atoms with E-state index in [1.165, 1.54) is 0 Å². The molecule has 0 radical (unpaired) electrons. The summed E-state index contributed by atoms with van der Waals surface area (Å²) in [5, 5.41) is 33.6. The van der Waals surface area contributed by atoms with E-state index in [1.807, 2.05) is 34.0 Å². The van der Waals surface area contributed by atoms with E-state index in [0.717, 1.165) is 0 Å². The lowest BCUT2D eigenvalue weighted by Crippen LogP contribution is -2.57. The maximum absolute atomic E-state index is 13.5. The van der Waals surface area contributed by atoms with Crippen LogP contribution in [0.4, 0.5) is 0 Å². The minimum atomic E-state index is -1.25. The third kappa shape index (κ3) is 18.0. The third-order valence-corrected chi connectivity index (χ3v) is 7.99. The number of hydrogen-bond acceptors (Lipinski definition) is 8. The molecule has 0 fully saturated rings. The monoisotopic (exact) mass is 659 g/mol. The molecule has 0 bridgehead atoms. The molecule has 0 aliphatic rings. The van der Waals surface area contributed by atoms with E-state index < -0.39 is 59.9 Å². The Balaban J connectivity index is 5.64. The van der Waals surface area contributed by atoms with E-state index in [-0.39, 0.29) is 43.4 Å². The van der Waals surface area contributed by atoms with Gasteiger partial charge < -0.3 is 36.8 Å². The van der Waals surface area contributed by atoms with Gasteiger partial charge in [0, 0.05) is 19.4 Å². The summed E-state index contributed by atoms with van der Waals surface area (Å²) in [4.78, 5) is 75.3. The zero-order valence-corrected chi connectivity index (χ0v) is 28.9. The number of hydrogen-bond donors (Lipinski definition) is 7. The summed E-state index contributed by atoms with van der Waals surface area (Å²) >= 11 is 1.55. The van der Waals surface area contributed by atoms with Crippen molar-refractivity contribution < 1.29 is 39.0 Å². The summed E-state index contributed by atoms with van der Waals surface area (Å²) in [5.74, 6) is -2.87. The number of nitrogens with one attached hydrogen (secondary N) is 5. The second-order valence-corrected chi connectivity index (χ2v) is 12.8. The summed E-state index contributed by atoms with van der Waals surface area (Å²) in [7, 11) is 0. The van der Waals surface area contributed by atoms with Crippen LogP contribution in [-0.2, 0) is 28.8 Å². The summed E-state index contributed by atoms with van der Waals surface area (Å²) < 4.78 is 0. The SMILES string of the molecule is CCC[C@H](NC(=O)[C@@H](NC(=O)CCCC(=O)O)[C@@H](C)CC)C(=O)N[C@@H](CC(C)C)[C@@H](O)CC(=O)N[C@@H](CCSC)C(=O)NCC. The van der Waals surface area contributed by atoms with E-state index >= 15 is 0 Å². The van der Waals surface area contributed by atoms with Crippen molar-refractivity contribution in [2.24, 2.45) is 11.8 Å². The molecule has 0 aliphatic heterocycles. The van der Waals surface area contributed by atoms with Gasteiger partial charge in [-0.1, -0.05) is 47.5 Å². The lowest BCUT2D eigenvalue weighted by Gasteiger charge is -2.30. The van der Waals surface area contributed by atoms with Gasteiger partial charge in [0.2, 0.25) is 29.5 Å². The molecule has 14 heteroatoms. The first-order valence-corrected chi connectivity index (χ1v) is 17.5. The van der Waals surface area contributed by atoms with Crippen LogP contribution in [0.5, 0.6) is 0 Å². The highest BCUT2D eigenvalue weighted by Gasteiger charge is 2.32. The molecule has 0 spiro atoms. The predicted octanol–water partition coefficient (Wildman–Crippen LogP) is 1.71. The molecule has 260 valence electrons. The first-order chi connectivity index (χ1) is 21.2. The molecule has 5 amide bonds. The molecule has 6 atom stereocenters. The smallest absolute Gasteiger partial charge is 0.303 e. The van der Waals surface area contributed by atoms with Gasteiger partial charge in [0.1, 0.15) is 18.1 Å². The normalized spacial score (nSPS) is 15.1. The molecular weight excluding hydrogens is 602 g/mol. The Morgan fingerprint density at radius 2 is 1.42 bits per heavy atom. The van der Waals surface area contributed by atoms with Crippen molar-refractivity contribution in [1.29, 1.82) is 0 Å². The van der Waals surface area contributed by atoms with Crippen LogP contribution in [0.1, 0.15) is 99.3 Å². The number of carbonyl (C=O) groups is 6. The van der Waals surface area contributed by atoms with Crippen LogP contribution < -0.4 is 26.6 Å². The van der Waals surface area contributed by atoms with Crippen LogP contribution in [0.25, 0.3) is 0 Å². The molecular formula is C31H57N5O8S. The van der Waals surface area contributed by atoms with E-state index in [2.05, 4.69) is 26.6 Å². The molecule has 0 heterocycles. The molecule has 0 aromatic carbocycles. The van der Waals surface area contributed by atoms with Gasteiger partial charge in [-0.15, -0.1) is 0 Å². The molecule has 0 aromatic rings. The molecule has 0 rings (SSSR count). The van der Waals surface area contributed by atoms with Crippen molar-refractivity contribution >= 4 is 47.3 Å². The van der Waals surface area contributed by atoms with Crippen LogP contribution in [0.15, 0.2) is 0 Å². The van der Waals surface area contributed by atoms with Gasteiger partial charge >= 0.3 is 5.97 Å². The molecule has 0 aromatic heterocycles. The minimum Gasteiger partial charge on any atom is -0.481 e. The van der Waals surface area contributed by atoms with Crippen molar-refractivity contribution in [2.75, 3.05) is 18.6 Å². The fourth-order valence-corrected chi connectivity index (χ4v) is 5.13. The van der Waals surface area contributed by atoms with Gasteiger partial charge in [0.05, 0.1) is 18.6 Å². The van der Waals surface area contributed by atoms with Crippen LogP contribution in [0.2, 0.25) is 0 Å². The topological polar surface area (TPSA) is 203 Å². The quantitative estimate of drug-likeness (QED) is 0.0805. The van der Waals surface area contributed by atoms with Crippen LogP contribution in [-0.4, -0.2) is 94.5 Å². The van der Waals surface area contributed by atoms with E-state index in [0.29, 0.717) is 44.4 Å². The second-order valence-electron chi connectivity index (χ2n) is 11.8. The number of carboxylic acid groups (broad SMARTS) is 1. The summed E-state index contributed by atoms with van der Waals surface area (Å²) in [6.07, 6.45) is 2.47. The fraction of sp³-hybridized carbons (Fsp3) is 0.806. The zero-order chi connectivity index (χ0) is 34.5. The van der Waals surface area contributed by atoms with Crippen molar-refractivity contribution in [1.82, 2.24) is 26.6 Å². The molecule has 13 nitrogen and oxygen atoms in total. The van der Waals surface area contributed by atoms with E-state index in [1.54, 1.807) is 25.6 Å². The highest BCUT2D eigenvalue weighted by Crippen LogP contribution is 2.14. The molecule has 0 unspecified atom stereocenters. The average Bonchev–Trinajstić information content (AvgIpc) is 2.96. The lowest BCUT2D eigenvalue weighted by atomic mass is 9.95. The summed E-state index contributed by atoms with van der Waals surface area (Å²) in [5.41, 5.74) is 0. The Hall–Kier alpha value is -2.87. The predicted molar refractivity (Wildman–Crippen MR) is 175 cm³/mol. The average molecular weight is 660 g/mol. The number of amides is 5. The first-order valence-electron chi connectivity index (χ1n) is 16.1. The van der Waals surface area contributed by atoms with E-state index in [4.69, 9.17) is 5.11 Å². The Kier molecular flexibility index (Phi) is 22.0. The standard InChI is InChI=1S/C31H57N5O8S/c1-8-12-21(34-31(44)28(20(6)9-2)36-25(38)13-11-14-27(40)41)30(43)35-23(17-19(4)5)24(37)18-26(39)33-22(15-16-45-7)29(42)32-10-3/h19-24,28,37H,8-18H2,1-7H3,(H,32,42)(H,33,39)(H,34,44)(H,35,43)(H,36,38)(H,40,41)/t20-,21-,22-,23-,24-,28-/m0/s1. The highest BCUT2D eigenvalue weighted by molar-refractivity contribution is 7.98. The highest BCUT2D eigenvalue weighted by atomic mass is 32.2. The van der Waals surface area contributed by atoms with E-state index in [9.17, 15) is 33.9 Å². The van der Waals surface area contributed by atoms with Crippen molar-refractivity contribution in [2.45, 2.75) is 130 Å². The number of carbonyl (C=O) groups excluding carboxylic acids is 5. The Labute approximate surface area is 272 Å². The van der Waals surface area contributed by atoms with Gasteiger partial charge in [0.15, 0.2) is 0 Å². The molecule has 0 aliphatic carbocycles. The maximum atomic E-state index is 13.5. The number of aliphatic hydroxyl groups is 1. The molecule has 7 N–H and O–H groups in total. The third-order valence-electron chi connectivity index (χ3n) is 7.34. The number of carboxylic acids is 1. The Morgan fingerprint density at radius 1 is 0.778 bits per heavy atom. The Morgan fingerprint density at radius 3 is 1.96 bits per heavy atom. The van der Waals surface area contributed by atoms with Gasteiger partial charge in [0.25, 0.3) is 0 Å². The largest absolute Gasteiger partial charge is 0.481 e. The Bertz CT molecular complexity index is 951. The van der Waals surface area contributed by atoms with Crippen LogP contribution >= 0.6 is 11.8 Å². The zero-order valence-electron chi connectivity index (χ0n) is 28.1. The number of rotatable bonds is 24. The van der Waals surface area contributed by atoms with Gasteiger partial charge in [-0.25, -0.2) is 0 Å². The molecule has 0 saturated heterocycles. The number of thioether (sulfide) groups is 1. The van der Waals surface area contributed by atoms with Crippen molar-refractivity contribution in [3.05, 3.63) is 0 Å². The number of aliphatic carboxylic acids is 1. The maximum Gasteiger partial charge on any atom is 0.303 e. The fourth-order valence-electron chi connectivity index (χ4n) is 4.66. The second kappa shape index (κ2) is 23.5. The van der Waals surface area contributed by atoms with Gasteiger partial charge in [-0.3, -0.25) is 28.8 Å². The van der Waals surface area contributed by atoms with Gasteiger partial charge in [-0.2, -0.15) is 11.8 Å². The number of aliphatic hydroxyl groups excluding tert-OH is 1.